The number of nitrogens with two attached hydrogens (primary N) is 2. The van der Waals surface area contributed by atoms with E-state index < -0.39 is 58.5 Å². The Morgan fingerprint density at radius 3 is 0.832 bits per heavy atom. The number of esters is 3. The Bertz CT molecular complexity index is 4600. The van der Waals surface area contributed by atoms with E-state index in [0.717, 1.165) is 45.8 Å². The monoisotopic (exact) mass is 1960 g/mol. The van der Waals surface area contributed by atoms with Crippen molar-refractivity contribution in [2.45, 2.75) is 170 Å². The first-order valence-corrected chi connectivity index (χ1v) is 44.4. The molecule has 0 fully saturated rings. The fourth-order valence-electron chi connectivity index (χ4n) is 11.2. The van der Waals surface area contributed by atoms with Gasteiger partial charge in [-0.3, -0.25) is 23.4 Å². The first kappa shape index (κ1) is 120. The first-order valence-electron chi connectivity index (χ1n) is 42.6. The first-order chi connectivity index (χ1) is 61.4. The van der Waals surface area contributed by atoms with Gasteiger partial charge < -0.3 is 84.7 Å². The van der Waals surface area contributed by atoms with Crippen molar-refractivity contribution >= 4 is 87.3 Å². The zero-order valence-corrected chi connectivity index (χ0v) is 81.5. The number of hydrogen-bond acceptors (Lipinski definition) is 26. The van der Waals surface area contributed by atoms with Crippen molar-refractivity contribution in [3.63, 3.8) is 0 Å². The normalized spacial score (nSPS) is 12.6. The average molecular weight is 1960 g/mol. The number of hydrogen-bond donors (Lipinski definition) is 8. The van der Waals surface area contributed by atoms with Crippen molar-refractivity contribution in [1.82, 2.24) is 0 Å². The lowest BCUT2D eigenvalue weighted by Crippen LogP contribution is -2.34. The third kappa shape index (κ3) is 52.1. The van der Waals surface area contributed by atoms with Crippen LogP contribution in [0, 0.1) is 29.6 Å². The van der Waals surface area contributed by atoms with Crippen LogP contribution in [0.1, 0.15) is 204 Å². The van der Waals surface area contributed by atoms with Crippen LogP contribution in [0.4, 0.5) is 0 Å². The number of aliphatic hydroxyl groups is 3. The van der Waals surface area contributed by atoms with Gasteiger partial charge in [0.15, 0.2) is 23.5 Å². The van der Waals surface area contributed by atoms with E-state index in [0.29, 0.717) is 68.3 Å². The van der Waals surface area contributed by atoms with Crippen LogP contribution in [0.2, 0.25) is 0 Å². The summed E-state index contributed by atoms with van der Waals surface area (Å²) in [6.07, 6.45) is -1.06. The molecule has 0 aliphatic carbocycles. The van der Waals surface area contributed by atoms with Crippen LogP contribution in [0.15, 0.2) is 218 Å². The second kappa shape index (κ2) is 67.3. The van der Waals surface area contributed by atoms with Gasteiger partial charge in [-0.2, -0.15) is 8.42 Å². The van der Waals surface area contributed by atoms with E-state index in [4.69, 9.17) is 70.2 Å². The number of carboxylic acids is 3. The number of ketones is 3. The van der Waals surface area contributed by atoms with Gasteiger partial charge in [-0.1, -0.05) is 211 Å². The van der Waals surface area contributed by atoms with Gasteiger partial charge in [-0.15, -0.1) is 24.0 Å². The van der Waals surface area contributed by atoms with Crippen molar-refractivity contribution in [1.29, 1.82) is 0 Å². The highest BCUT2D eigenvalue weighted by atomic mass is 127. The predicted octanol–water partition coefficient (Wildman–Crippen LogP) is 16.1. The Kier molecular flexibility index (Phi) is 61.8. The number of para-hydroxylation sites is 4. The highest BCUT2D eigenvalue weighted by molar-refractivity contribution is 14.0. The van der Waals surface area contributed by atoms with Crippen LogP contribution in [0.25, 0.3) is 0 Å². The number of aromatic carboxylic acids is 1. The zero-order chi connectivity index (χ0) is 98.0. The average Bonchev–Trinajstić information content (AvgIpc) is 0.829. The molecule has 0 unspecified atom stereocenters. The molecule has 8 aromatic carbocycles. The molecule has 0 radical (unpaired) electrons. The number of ether oxygens (including phenoxy) is 9. The summed E-state index contributed by atoms with van der Waals surface area (Å²) in [5.41, 5.74) is 16.5. The molecule has 10 N–H and O–H groups in total. The molecule has 0 bridgehead atoms. The summed E-state index contributed by atoms with van der Waals surface area (Å²) in [6.45, 7) is 28.3. The number of aliphatic carboxylic acids is 2. The lowest BCUT2D eigenvalue weighted by molar-refractivity contribution is -0.149. The van der Waals surface area contributed by atoms with Crippen LogP contribution < -0.4 is 30.4 Å². The zero-order valence-electron chi connectivity index (χ0n) is 78.4. The maximum absolute atomic E-state index is 12.8. The Balaban J connectivity index is 0.00000154. The number of aliphatic hydroxyl groups excluding tert-OH is 3. The number of carbonyl (C=O) groups is 9. The van der Waals surface area contributed by atoms with E-state index in [1.54, 1.807) is 100 Å². The minimum atomic E-state index is -3.36. The molecule has 8 rings (SSSR count). The molecule has 9 atom stereocenters. The van der Waals surface area contributed by atoms with Crippen molar-refractivity contribution in [3.8, 4) is 23.0 Å². The van der Waals surface area contributed by atoms with Gasteiger partial charge >= 0.3 is 35.8 Å². The van der Waals surface area contributed by atoms with Crippen LogP contribution >= 0.6 is 24.0 Å². The molecule has 0 amide bonds. The molecular formula is C100H137IN2O27S. The second-order valence-electron chi connectivity index (χ2n) is 31.6. The van der Waals surface area contributed by atoms with E-state index in [-0.39, 0.29) is 144 Å². The second-order valence-corrected chi connectivity index (χ2v) is 33.2. The molecule has 0 spiro atoms. The smallest absolute Gasteiger partial charge is 0.337 e. The van der Waals surface area contributed by atoms with Crippen molar-refractivity contribution < 1.29 is 129 Å². The van der Waals surface area contributed by atoms with Crippen molar-refractivity contribution in [2.75, 3.05) is 80.4 Å². The fraction of sp³-hybridized carbons (Fsp3) is 0.430. The summed E-state index contributed by atoms with van der Waals surface area (Å²) in [4.78, 5) is 102. The number of carbonyl (C=O) groups excluding carboxylic acids is 6. The molecule has 0 aliphatic heterocycles. The molecule has 29 nitrogen and oxygen atoms in total. The van der Waals surface area contributed by atoms with E-state index in [9.17, 15) is 56.7 Å². The summed E-state index contributed by atoms with van der Waals surface area (Å²) in [7, 11) is 0.698. The van der Waals surface area contributed by atoms with Crippen LogP contribution in [-0.2, 0) is 62.0 Å². The molecule has 131 heavy (non-hydrogen) atoms. The molecule has 0 heterocycles. The Morgan fingerprint density at radius 2 is 0.611 bits per heavy atom. The van der Waals surface area contributed by atoms with Crippen molar-refractivity contribution in [2.24, 2.45) is 41.1 Å². The number of methoxy groups -OCH3 is 3. The number of benzene rings is 8. The van der Waals surface area contributed by atoms with Crippen LogP contribution in [0.3, 0.4) is 0 Å². The van der Waals surface area contributed by atoms with Gasteiger partial charge in [0.1, 0.15) is 80.4 Å². The Morgan fingerprint density at radius 1 is 0.336 bits per heavy atom. The van der Waals surface area contributed by atoms with E-state index in [2.05, 4.69) is 13.7 Å². The van der Waals surface area contributed by atoms with Gasteiger partial charge in [-0.25, -0.2) is 24.0 Å². The van der Waals surface area contributed by atoms with Gasteiger partial charge in [0.2, 0.25) is 0 Å². The van der Waals surface area contributed by atoms with E-state index in [1.165, 1.54) is 21.3 Å². The van der Waals surface area contributed by atoms with Gasteiger partial charge in [0.05, 0.1) is 69.7 Å². The molecular weight excluding hydrogens is 1820 g/mol. The third-order valence-corrected chi connectivity index (χ3v) is 19.5. The number of carboxylic acid groups (broad SMARTS) is 3. The minimum absolute atomic E-state index is 0. The largest absolute Gasteiger partial charge is 0.491 e. The summed E-state index contributed by atoms with van der Waals surface area (Å²) < 4.78 is 72.8. The van der Waals surface area contributed by atoms with Gasteiger partial charge in [0.25, 0.3) is 10.1 Å². The molecule has 8 aromatic rings. The van der Waals surface area contributed by atoms with Crippen LogP contribution in [0.5, 0.6) is 23.0 Å². The van der Waals surface area contributed by atoms with Gasteiger partial charge in [0, 0.05) is 25.3 Å². The maximum Gasteiger partial charge on any atom is 0.337 e. The maximum atomic E-state index is 12.8. The summed E-state index contributed by atoms with van der Waals surface area (Å²) in [5, 5.41) is 52.1. The number of halogens is 1. The summed E-state index contributed by atoms with van der Waals surface area (Å²) in [5.74, 6) is -1.18. The third-order valence-electron chi connectivity index (χ3n) is 18.9. The van der Waals surface area contributed by atoms with Crippen molar-refractivity contribution in [3.05, 3.63) is 263 Å². The standard InChI is InChI=1S/C24H30O5.C23H28O5.C16H22O4.C10H13NO2.C9H12O4S.C8H10O2.C5H11NO2.C5H10O3.HI/c1-17(2)23(29-15-14-28-21-8-6-5-7-9-21)22(25)16-18(3)19-10-12-20(13-11-19)24(26)27-4;1-16(2)22(28-14-13-27-20-7-5-4-6-8-20)21(24)15-17(3)18-9-11-19(12-10-18)23(25)26;1-10(2)15(18)14(17)9-11(3)12-5-7-13(8-6-12)16(19)20-4;1-7(11)8-3-5-9(6-4-8)10(12)13-2;1-14(10,11)13-8-7-12-9-5-3-2-4-6-9;9-6-7-10-8-4-2-1-3-5-8;2*1-3(2)4(6)5(7)8;/h5-13,17-18,23H,14-16H2,1-4H3;4-12,16-17,22H,13-15H2,1-3H3,(H,25,26);5-8,10-11,15,18H,9H2,1-4H3;3-7H,11H2,1-2H3;2-6H,7-8H2,1H3;1-5,9H,6-7H2;3-4H,6H2,1-2H3,(H,7,8);3-4,6H,1-2H3,(H,7,8);1H/t18-,23-;17-,22-;11-,15-;7-;;;2*4-;/m1110..11./s1. The van der Waals surface area contributed by atoms with E-state index in [1.807, 2.05) is 215 Å². The predicted molar refractivity (Wildman–Crippen MR) is 513 cm³/mol. The summed E-state index contributed by atoms with van der Waals surface area (Å²) in [6, 6.07) is 64.8. The number of rotatable bonds is 42. The molecule has 31 heteroatoms. The lowest BCUT2D eigenvalue weighted by Gasteiger charge is -2.22. The molecule has 0 saturated carbocycles. The number of Topliss-reactive ketones (excluding diaryl/α,β-unsaturated/α-hetero) is 3. The lowest BCUT2D eigenvalue weighted by atomic mass is 9.90. The van der Waals surface area contributed by atoms with E-state index >= 15 is 0 Å². The summed E-state index contributed by atoms with van der Waals surface area (Å²) >= 11 is 0. The highest BCUT2D eigenvalue weighted by Crippen LogP contribution is 2.27. The molecule has 0 aliphatic rings. The minimum Gasteiger partial charge on any atom is -0.491 e. The Hall–Kier alpha value is -10.9. The molecule has 0 saturated heterocycles. The molecule has 722 valence electrons. The van der Waals surface area contributed by atoms with Crippen LogP contribution in [-0.4, -0.2) is 203 Å². The fourth-order valence-corrected chi connectivity index (χ4v) is 11.6. The van der Waals surface area contributed by atoms with Gasteiger partial charge in [-0.05, 0) is 174 Å². The SMILES string of the molecule is CC(C)[C@@H](N)C(=O)O.CC(C)[C@@H](O)C(=O)O.CC(C)[C@@H](OCCOc1ccccc1)C(=O)C[C@@H](C)c1ccc(C(=O)O)cc1.COC(=O)c1ccc([C@H](C)CC(=O)[C@H](O)C(C)C)cc1.COC(=O)c1ccc([C@H](C)CC(=O)[C@H](OCCOc2ccccc2)C(C)C)cc1.COC(=O)c1ccc([C@H](C)N)cc1.CS(=O)(=O)OCCOc1ccccc1.I.OCCOc1ccccc1. The highest BCUT2D eigenvalue weighted by Gasteiger charge is 2.28. The Labute approximate surface area is 789 Å². The topological polar surface area (TPSA) is 453 Å². The molecule has 0 aromatic heterocycles. The quantitative estimate of drug-likeness (QED) is 0.00579.